The highest BCUT2D eigenvalue weighted by Gasteiger charge is 2.42. The van der Waals surface area contributed by atoms with Crippen molar-refractivity contribution in [2.75, 3.05) is 0 Å². The zero-order valence-electron chi connectivity index (χ0n) is 8.97. The molecule has 0 spiro atoms. The fourth-order valence-electron chi connectivity index (χ4n) is 2.75. The standard InChI is InChI=1S/C13H16F2/c1-10(14)13(8-4-5-9-13)11-6-2-3-7-12(11)15/h2-3,6-7,10H,4-5,8-9H2,1H3. The summed E-state index contributed by atoms with van der Waals surface area (Å²) in [6.07, 6.45) is 2.57. The molecule has 1 atom stereocenters. The first-order valence-electron chi connectivity index (χ1n) is 5.56. The molecule has 0 N–H and O–H groups in total. The van der Waals surface area contributed by atoms with Crippen molar-refractivity contribution in [3.05, 3.63) is 35.6 Å². The van der Waals surface area contributed by atoms with Gasteiger partial charge in [-0.05, 0) is 31.4 Å². The van der Waals surface area contributed by atoms with E-state index in [2.05, 4.69) is 0 Å². The van der Waals surface area contributed by atoms with Crippen LogP contribution in [-0.2, 0) is 5.41 Å². The highest BCUT2D eigenvalue weighted by Crippen LogP contribution is 2.45. The van der Waals surface area contributed by atoms with Gasteiger partial charge in [-0.15, -0.1) is 0 Å². The Hall–Kier alpha value is -0.920. The molecular weight excluding hydrogens is 194 g/mol. The Morgan fingerprint density at radius 2 is 1.80 bits per heavy atom. The molecule has 0 saturated heterocycles. The summed E-state index contributed by atoms with van der Waals surface area (Å²) in [5, 5.41) is 0. The van der Waals surface area contributed by atoms with Crippen molar-refractivity contribution >= 4 is 0 Å². The topological polar surface area (TPSA) is 0 Å². The van der Waals surface area contributed by atoms with Crippen molar-refractivity contribution in [2.24, 2.45) is 0 Å². The number of benzene rings is 1. The largest absolute Gasteiger partial charge is 0.247 e. The fourth-order valence-corrected chi connectivity index (χ4v) is 2.75. The van der Waals surface area contributed by atoms with Crippen molar-refractivity contribution in [3.63, 3.8) is 0 Å². The Morgan fingerprint density at radius 1 is 1.20 bits per heavy atom. The van der Waals surface area contributed by atoms with Gasteiger partial charge in [0.1, 0.15) is 12.0 Å². The normalized spacial score (nSPS) is 21.5. The molecule has 2 heteroatoms. The van der Waals surface area contributed by atoms with E-state index in [0.29, 0.717) is 5.56 Å². The molecule has 0 aromatic heterocycles. The fraction of sp³-hybridized carbons (Fsp3) is 0.538. The second-order valence-corrected chi connectivity index (χ2v) is 4.46. The van der Waals surface area contributed by atoms with E-state index in [1.807, 2.05) is 0 Å². The van der Waals surface area contributed by atoms with Crippen molar-refractivity contribution in [3.8, 4) is 0 Å². The smallest absolute Gasteiger partial charge is 0.127 e. The highest BCUT2D eigenvalue weighted by molar-refractivity contribution is 5.29. The third-order valence-electron chi connectivity index (χ3n) is 3.67. The molecule has 0 nitrogen and oxygen atoms in total. The van der Waals surface area contributed by atoms with Crippen molar-refractivity contribution < 1.29 is 8.78 Å². The molecule has 1 saturated carbocycles. The maximum atomic E-state index is 13.8. The molecule has 1 aliphatic carbocycles. The average Bonchev–Trinajstić information content (AvgIpc) is 2.68. The predicted octanol–water partition coefficient (Wildman–Crippen LogP) is 4.00. The molecule has 0 bridgehead atoms. The maximum absolute atomic E-state index is 13.8. The van der Waals surface area contributed by atoms with Gasteiger partial charge in [-0.3, -0.25) is 0 Å². The predicted molar refractivity (Wildman–Crippen MR) is 57.1 cm³/mol. The molecule has 1 aromatic rings. The van der Waals surface area contributed by atoms with Crippen molar-refractivity contribution in [2.45, 2.75) is 44.2 Å². The molecule has 0 aliphatic heterocycles. The SMILES string of the molecule is CC(F)C1(c2ccccc2F)CCCC1. The molecule has 1 aliphatic rings. The van der Waals surface area contributed by atoms with Crippen LogP contribution in [0.5, 0.6) is 0 Å². The van der Waals surface area contributed by atoms with E-state index in [9.17, 15) is 8.78 Å². The van der Waals surface area contributed by atoms with Crippen LogP contribution in [0.4, 0.5) is 8.78 Å². The van der Waals surface area contributed by atoms with Crippen LogP contribution in [0, 0.1) is 5.82 Å². The summed E-state index contributed by atoms with van der Waals surface area (Å²) in [7, 11) is 0. The number of rotatable bonds is 2. The third kappa shape index (κ3) is 1.66. The van der Waals surface area contributed by atoms with E-state index in [1.54, 1.807) is 25.1 Å². The highest BCUT2D eigenvalue weighted by atomic mass is 19.1. The van der Waals surface area contributed by atoms with Crippen molar-refractivity contribution in [1.82, 2.24) is 0 Å². The van der Waals surface area contributed by atoms with E-state index in [4.69, 9.17) is 0 Å². The van der Waals surface area contributed by atoms with Gasteiger partial charge in [0, 0.05) is 5.41 Å². The minimum Gasteiger partial charge on any atom is -0.247 e. The van der Waals surface area contributed by atoms with E-state index in [0.717, 1.165) is 25.7 Å². The Balaban J connectivity index is 2.46. The van der Waals surface area contributed by atoms with Crippen LogP contribution in [0.3, 0.4) is 0 Å². The lowest BCUT2D eigenvalue weighted by Gasteiger charge is -2.31. The Labute approximate surface area is 89.3 Å². The van der Waals surface area contributed by atoms with Crippen LogP contribution < -0.4 is 0 Å². The summed E-state index contributed by atoms with van der Waals surface area (Å²) >= 11 is 0. The molecule has 2 rings (SSSR count). The molecule has 0 amide bonds. The minimum absolute atomic E-state index is 0.260. The molecule has 0 heterocycles. The lowest BCUT2D eigenvalue weighted by molar-refractivity contribution is 0.201. The number of halogens is 2. The van der Waals surface area contributed by atoms with E-state index in [1.165, 1.54) is 6.07 Å². The van der Waals surface area contributed by atoms with Gasteiger partial charge in [0.2, 0.25) is 0 Å². The summed E-state index contributed by atoms with van der Waals surface area (Å²) in [4.78, 5) is 0. The lowest BCUT2D eigenvalue weighted by Crippen LogP contribution is -2.33. The summed E-state index contributed by atoms with van der Waals surface area (Å²) < 4.78 is 27.4. The van der Waals surface area contributed by atoms with E-state index >= 15 is 0 Å². The zero-order valence-corrected chi connectivity index (χ0v) is 8.97. The molecule has 1 aromatic carbocycles. The average molecular weight is 210 g/mol. The van der Waals surface area contributed by atoms with Crippen LogP contribution in [0.1, 0.15) is 38.2 Å². The van der Waals surface area contributed by atoms with E-state index < -0.39 is 11.6 Å². The second-order valence-electron chi connectivity index (χ2n) is 4.46. The lowest BCUT2D eigenvalue weighted by atomic mass is 9.75. The van der Waals surface area contributed by atoms with Gasteiger partial charge < -0.3 is 0 Å². The van der Waals surface area contributed by atoms with Crippen LogP contribution >= 0.6 is 0 Å². The van der Waals surface area contributed by atoms with Gasteiger partial charge in [0.15, 0.2) is 0 Å². The van der Waals surface area contributed by atoms with Crippen LogP contribution in [0.15, 0.2) is 24.3 Å². The summed E-state index contributed by atoms with van der Waals surface area (Å²) in [5.41, 5.74) is 0.00299. The first kappa shape index (κ1) is 10.6. The minimum atomic E-state index is -0.975. The molecule has 82 valence electrons. The van der Waals surface area contributed by atoms with Crippen LogP contribution in [0.2, 0.25) is 0 Å². The summed E-state index contributed by atoms with van der Waals surface area (Å²) in [6.45, 7) is 1.55. The Bertz CT molecular complexity index is 338. The monoisotopic (exact) mass is 210 g/mol. The third-order valence-corrected chi connectivity index (χ3v) is 3.67. The first-order valence-corrected chi connectivity index (χ1v) is 5.56. The molecule has 1 fully saturated rings. The summed E-state index contributed by atoms with van der Waals surface area (Å²) in [5.74, 6) is -0.260. The molecule has 15 heavy (non-hydrogen) atoms. The van der Waals surface area contributed by atoms with Gasteiger partial charge in [-0.1, -0.05) is 31.0 Å². The zero-order chi connectivity index (χ0) is 10.9. The first-order chi connectivity index (χ1) is 7.17. The van der Waals surface area contributed by atoms with Crippen LogP contribution in [0.25, 0.3) is 0 Å². The Kier molecular flexibility index (Phi) is 2.76. The number of hydrogen-bond donors (Lipinski definition) is 0. The van der Waals surface area contributed by atoms with Gasteiger partial charge in [0.25, 0.3) is 0 Å². The van der Waals surface area contributed by atoms with Gasteiger partial charge >= 0.3 is 0 Å². The number of hydrogen-bond acceptors (Lipinski definition) is 0. The second kappa shape index (κ2) is 3.92. The van der Waals surface area contributed by atoms with Crippen LogP contribution in [-0.4, -0.2) is 6.17 Å². The summed E-state index contributed by atoms with van der Waals surface area (Å²) in [6, 6.07) is 6.61. The maximum Gasteiger partial charge on any atom is 0.127 e. The van der Waals surface area contributed by atoms with Crippen molar-refractivity contribution in [1.29, 1.82) is 0 Å². The Morgan fingerprint density at radius 3 is 2.33 bits per heavy atom. The van der Waals surface area contributed by atoms with Gasteiger partial charge in [0.05, 0.1) is 0 Å². The molecule has 0 radical (unpaired) electrons. The quantitative estimate of drug-likeness (QED) is 0.692. The van der Waals surface area contributed by atoms with Gasteiger partial charge in [-0.25, -0.2) is 8.78 Å². The molecule has 1 unspecified atom stereocenters. The number of alkyl halides is 1. The molecular formula is C13H16F2. The van der Waals surface area contributed by atoms with E-state index in [-0.39, 0.29) is 5.82 Å². The van der Waals surface area contributed by atoms with Gasteiger partial charge in [-0.2, -0.15) is 0 Å².